The lowest BCUT2D eigenvalue weighted by atomic mass is 9.92. The van der Waals surface area contributed by atoms with Crippen molar-refractivity contribution in [2.24, 2.45) is 16.2 Å². The van der Waals surface area contributed by atoms with Gasteiger partial charge in [-0.15, -0.1) is 4.40 Å². The summed E-state index contributed by atoms with van der Waals surface area (Å²) >= 11 is 0. The summed E-state index contributed by atoms with van der Waals surface area (Å²) in [5, 5.41) is 0. The van der Waals surface area contributed by atoms with Gasteiger partial charge in [0.15, 0.2) is 0 Å². The number of nitrogens with zero attached hydrogens (tertiary/aromatic N) is 3. The predicted molar refractivity (Wildman–Crippen MR) is 124 cm³/mol. The summed E-state index contributed by atoms with van der Waals surface area (Å²) in [4.78, 5) is 17.4. The van der Waals surface area contributed by atoms with Crippen molar-refractivity contribution in [2.45, 2.75) is 52.9 Å². The van der Waals surface area contributed by atoms with Crippen molar-refractivity contribution in [3.05, 3.63) is 41.0 Å². The average molecular weight is 444 g/mol. The molecule has 1 aromatic rings. The Hall–Kier alpha value is -2.15. The second-order valence-electron chi connectivity index (χ2n) is 9.21. The van der Waals surface area contributed by atoms with E-state index in [1.165, 1.54) is 6.42 Å². The third-order valence-electron chi connectivity index (χ3n) is 6.79. The lowest BCUT2D eigenvalue weighted by molar-refractivity contribution is -0.138. The zero-order valence-corrected chi connectivity index (χ0v) is 19.6. The molecule has 6 nitrogen and oxygen atoms in total. The smallest absolute Gasteiger partial charge is 0.285 e. The summed E-state index contributed by atoms with van der Waals surface area (Å²) in [5.41, 5.74) is 2.58. The minimum atomic E-state index is -3.72. The first-order valence-electron chi connectivity index (χ1n) is 11.5. The fraction of sp³-hybridized carbons (Fsp3) is 0.583. The van der Waals surface area contributed by atoms with E-state index < -0.39 is 10.0 Å². The van der Waals surface area contributed by atoms with E-state index in [9.17, 15) is 13.2 Å². The minimum Gasteiger partial charge on any atom is -0.356 e. The number of amidine groups is 1. The van der Waals surface area contributed by atoms with Crippen LogP contribution in [0.4, 0.5) is 0 Å². The Bertz CT molecular complexity index is 1000. The number of benzene rings is 1. The molecule has 0 unspecified atom stereocenters. The molecule has 0 aliphatic carbocycles. The lowest BCUT2D eigenvalue weighted by Crippen LogP contribution is -2.47. The van der Waals surface area contributed by atoms with E-state index >= 15 is 0 Å². The van der Waals surface area contributed by atoms with Gasteiger partial charge in [-0.3, -0.25) is 4.79 Å². The fourth-order valence-corrected chi connectivity index (χ4v) is 6.58. The van der Waals surface area contributed by atoms with Gasteiger partial charge in [-0.1, -0.05) is 43.7 Å². The normalized spacial score (nSPS) is 24.5. The van der Waals surface area contributed by atoms with Crippen molar-refractivity contribution in [2.75, 3.05) is 26.2 Å². The van der Waals surface area contributed by atoms with E-state index in [-0.39, 0.29) is 11.8 Å². The number of hydrogen-bond donors (Lipinski definition) is 0. The van der Waals surface area contributed by atoms with Gasteiger partial charge in [0.1, 0.15) is 10.7 Å². The number of aryl methyl sites for hydroxylation is 1. The van der Waals surface area contributed by atoms with E-state index in [0.29, 0.717) is 41.7 Å². The molecule has 0 radical (unpaired) electrons. The number of likely N-dealkylation sites (tertiary alicyclic amines) is 2. The lowest BCUT2D eigenvalue weighted by Gasteiger charge is -2.37. The number of sulfonamides is 1. The van der Waals surface area contributed by atoms with Crippen molar-refractivity contribution in [1.29, 1.82) is 0 Å². The topological polar surface area (TPSA) is 70.0 Å². The Balaban J connectivity index is 1.50. The van der Waals surface area contributed by atoms with E-state index in [2.05, 4.69) is 16.2 Å². The van der Waals surface area contributed by atoms with Crippen molar-refractivity contribution in [3.8, 4) is 0 Å². The third kappa shape index (κ3) is 4.43. The summed E-state index contributed by atoms with van der Waals surface area (Å²) in [6.45, 7) is 9.25. The summed E-state index contributed by atoms with van der Waals surface area (Å²) < 4.78 is 30.1. The van der Waals surface area contributed by atoms with Gasteiger partial charge < -0.3 is 9.80 Å². The second kappa shape index (κ2) is 8.77. The average Bonchev–Trinajstić information content (AvgIpc) is 3.04. The number of amides is 1. The number of piperidine rings is 2. The number of rotatable bonds is 3. The highest BCUT2D eigenvalue weighted by atomic mass is 32.2. The van der Waals surface area contributed by atoms with E-state index in [0.717, 1.165) is 43.5 Å². The summed E-state index contributed by atoms with van der Waals surface area (Å²) in [6, 6.07) is 7.59. The van der Waals surface area contributed by atoms with Crippen LogP contribution in [0.3, 0.4) is 0 Å². The molecule has 3 heterocycles. The predicted octanol–water partition coefficient (Wildman–Crippen LogP) is 3.83. The van der Waals surface area contributed by atoms with Crippen LogP contribution in [0.2, 0.25) is 0 Å². The SMILES string of the molecule is CCC1=C(c2ccc(C)cc2)S(=O)(=O)N=C1N1CCC(C(=O)N2CCC[C@H](C)C2)CC1. The molecule has 1 amide bonds. The Labute approximate surface area is 186 Å². The first kappa shape index (κ1) is 22.1. The molecule has 0 saturated carbocycles. The van der Waals surface area contributed by atoms with Crippen LogP contribution in [0.15, 0.2) is 34.2 Å². The summed E-state index contributed by atoms with van der Waals surface area (Å²) in [5.74, 6) is 1.47. The van der Waals surface area contributed by atoms with Crippen LogP contribution in [0.1, 0.15) is 57.1 Å². The fourth-order valence-electron chi connectivity index (χ4n) is 5.05. The van der Waals surface area contributed by atoms with Crippen molar-refractivity contribution >= 4 is 26.7 Å². The number of carbonyl (C=O) groups is 1. The Morgan fingerprint density at radius 3 is 2.39 bits per heavy atom. The minimum absolute atomic E-state index is 0.0331. The zero-order valence-electron chi connectivity index (χ0n) is 18.8. The van der Waals surface area contributed by atoms with Crippen LogP contribution < -0.4 is 0 Å². The number of hydrogen-bond acceptors (Lipinski definition) is 4. The molecule has 1 atom stereocenters. The Morgan fingerprint density at radius 1 is 1.10 bits per heavy atom. The Morgan fingerprint density at radius 2 is 1.77 bits per heavy atom. The third-order valence-corrected chi connectivity index (χ3v) is 8.20. The van der Waals surface area contributed by atoms with Crippen LogP contribution in [0.5, 0.6) is 0 Å². The Kier molecular flexibility index (Phi) is 6.24. The number of carbonyl (C=O) groups excluding carboxylic acids is 1. The molecule has 0 aromatic heterocycles. The van der Waals surface area contributed by atoms with Gasteiger partial charge in [0, 0.05) is 37.7 Å². The standard InChI is InChI=1S/C24H33N3O3S/c1-4-21-22(19-9-7-17(2)8-10-19)31(29,30)25-23(21)26-14-11-20(12-15-26)24(28)27-13-5-6-18(3)16-27/h7-10,18,20H,4-6,11-16H2,1-3H3/t18-/m0/s1. The van der Waals surface area contributed by atoms with Gasteiger partial charge >= 0.3 is 0 Å². The van der Waals surface area contributed by atoms with E-state index in [1.807, 2.05) is 43.0 Å². The zero-order chi connectivity index (χ0) is 22.2. The highest BCUT2D eigenvalue weighted by molar-refractivity contribution is 8.00. The van der Waals surface area contributed by atoms with Gasteiger partial charge in [-0.05, 0) is 50.5 Å². The van der Waals surface area contributed by atoms with Gasteiger partial charge in [0.2, 0.25) is 5.91 Å². The van der Waals surface area contributed by atoms with Crippen LogP contribution in [0.25, 0.3) is 4.91 Å². The summed E-state index contributed by atoms with van der Waals surface area (Å²) in [6.07, 6.45) is 4.39. The highest BCUT2D eigenvalue weighted by Crippen LogP contribution is 2.36. The first-order chi connectivity index (χ1) is 14.8. The molecule has 0 spiro atoms. The molecule has 0 bridgehead atoms. The molecule has 2 fully saturated rings. The molecule has 2 saturated heterocycles. The van der Waals surface area contributed by atoms with Crippen LogP contribution in [-0.2, 0) is 14.8 Å². The molecule has 1 aromatic carbocycles. The molecule has 4 rings (SSSR count). The van der Waals surface area contributed by atoms with Gasteiger partial charge in [0.05, 0.1) is 0 Å². The van der Waals surface area contributed by atoms with Crippen molar-refractivity contribution in [3.63, 3.8) is 0 Å². The second-order valence-corrected chi connectivity index (χ2v) is 10.8. The monoisotopic (exact) mass is 443 g/mol. The van der Waals surface area contributed by atoms with Crippen LogP contribution >= 0.6 is 0 Å². The quantitative estimate of drug-likeness (QED) is 0.712. The molecule has 7 heteroatoms. The highest BCUT2D eigenvalue weighted by Gasteiger charge is 2.37. The molecular formula is C24H33N3O3S. The summed E-state index contributed by atoms with van der Waals surface area (Å²) in [7, 11) is -3.72. The van der Waals surface area contributed by atoms with Gasteiger partial charge in [-0.2, -0.15) is 8.42 Å². The maximum atomic E-state index is 13.0. The molecule has 168 valence electrons. The molecule has 31 heavy (non-hydrogen) atoms. The van der Waals surface area contributed by atoms with Gasteiger partial charge in [0.25, 0.3) is 10.0 Å². The largest absolute Gasteiger partial charge is 0.356 e. The van der Waals surface area contributed by atoms with Crippen molar-refractivity contribution < 1.29 is 13.2 Å². The first-order valence-corrected chi connectivity index (χ1v) is 12.9. The van der Waals surface area contributed by atoms with Crippen LogP contribution in [0, 0.1) is 18.8 Å². The molecule has 0 N–H and O–H groups in total. The van der Waals surface area contributed by atoms with Crippen LogP contribution in [-0.4, -0.2) is 56.1 Å². The van der Waals surface area contributed by atoms with Crippen molar-refractivity contribution in [1.82, 2.24) is 9.80 Å². The molecule has 3 aliphatic heterocycles. The maximum absolute atomic E-state index is 13.0. The van der Waals surface area contributed by atoms with Gasteiger partial charge in [-0.25, -0.2) is 0 Å². The van der Waals surface area contributed by atoms with E-state index in [1.54, 1.807) is 0 Å². The maximum Gasteiger partial charge on any atom is 0.285 e. The molecular weight excluding hydrogens is 410 g/mol. The molecule has 3 aliphatic rings. The van der Waals surface area contributed by atoms with E-state index in [4.69, 9.17) is 0 Å².